The summed E-state index contributed by atoms with van der Waals surface area (Å²) in [6, 6.07) is 8.75. The number of fused-ring (bicyclic) bond motifs is 2. The van der Waals surface area contributed by atoms with Crippen molar-refractivity contribution in [2.24, 2.45) is 5.73 Å². The molecule has 0 saturated carbocycles. The minimum absolute atomic E-state index is 0.0970. The molecule has 1 aromatic heterocycles. The fourth-order valence-electron chi connectivity index (χ4n) is 3.34. The van der Waals surface area contributed by atoms with E-state index in [1.54, 1.807) is 29.1 Å². The van der Waals surface area contributed by atoms with Gasteiger partial charge < -0.3 is 16.0 Å². The highest BCUT2D eigenvalue weighted by molar-refractivity contribution is 6.31. The van der Waals surface area contributed by atoms with E-state index in [2.05, 4.69) is 10.4 Å². The largest absolute Gasteiger partial charge is 0.366 e. The van der Waals surface area contributed by atoms with Crippen molar-refractivity contribution < 1.29 is 14.0 Å². The number of hydrogen-bond donors (Lipinski definition) is 2. The highest BCUT2D eigenvalue weighted by Crippen LogP contribution is 2.38. The van der Waals surface area contributed by atoms with Crippen molar-refractivity contribution in [3.8, 4) is 0 Å². The average molecular weight is 414 g/mol. The number of aromatic nitrogens is 2. The molecule has 1 aliphatic rings. The quantitative estimate of drug-likeness (QED) is 0.684. The van der Waals surface area contributed by atoms with Gasteiger partial charge in [-0.15, -0.1) is 0 Å². The highest BCUT2D eigenvalue weighted by atomic mass is 35.5. The van der Waals surface area contributed by atoms with Gasteiger partial charge in [0.2, 0.25) is 0 Å². The third-order valence-electron chi connectivity index (χ3n) is 4.77. The van der Waals surface area contributed by atoms with Crippen molar-refractivity contribution in [2.75, 3.05) is 10.2 Å². The molecule has 0 aliphatic carbocycles. The van der Waals surface area contributed by atoms with Crippen LogP contribution in [0.3, 0.4) is 0 Å². The molecule has 1 aliphatic heterocycles. The number of halogens is 2. The Morgan fingerprint density at radius 3 is 2.76 bits per heavy atom. The Morgan fingerprint density at radius 1 is 1.28 bits per heavy atom. The van der Waals surface area contributed by atoms with Gasteiger partial charge in [0.15, 0.2) is 0 Å². The fourth-order valence-corrected chi connectivity index (χ4v) is 3.51. The molecule has 0 saturated heterocycles. The molecule has 29 heavy (non-hydrogen) atoms. The van der Waals surface area contributed by atoms with Crippen LogP contribution in [0.4, 0.5) is 21.6 Å². The summed E-state index contributed by atoms with van der Waals surface area (Å²) in [7, 11) is 0. The molecule has 9 heteroatoms. The lowest BCUT2D eigenvalue weighted by Crippen LogP contribution is -2.30. The summed E-state index contributed by atoms with van der Waals surface area (Å²) in [5.41, 5.74) is 7.01. The van der Waals surface area contributed by atoms with Gasteiger partial charge in [0, 0.05) is 22.7 Å². The second-order valence-electron chi connectivity index (χ2n) is 6.57. The Kier molecular flexibility index (Phi) is 4.71. The highest BCUT2D eigenvalue weighted by Gasteiger charge is 2.28. The molecule has 0 bridgehead atoms. The number of carbonyl (C=O) groups excluding carboxylic acids is 2. The van der Waals surface area contributed by atoms with Crippen molar-refractivity contribution in [1.29, 1.82) is 0 Å². The van der Waals surface area contributed by atoms with Crippen LogP contribution in [0.5, 0.6) is 0 Å². The summed E-state index contributed by atoms with van der Waals surface area (Å²) in [5.74, 6) is -1.40. The molecule has 0 radical (unpaired) electrons. The first-order valence-corrected chi connectivity index (χ1v) is 9.29. The summed E-state index contributed by atoms with van der Waals surface area (Å²) in [5, 5.41) is 8.14. The number of nitrogens with two attached hydrogens (primary N) is 1. The minimum Gasteiger partial charge on any atom is -0.366 e. The van der Waals surface area contributed by atoms with E-state index in [1.165, 1.54) is 17.0 Å². The molecule has 2 aromatic carbocycles. The zero-order valence-electron chi connectivity index (χ0n) is 15.4. The third-order valence-corrected chi connectivity index (χ3v) is 5.01. The van der Waals surface area contributed by atoms with Gasteiger partial charge in [0.25, 0.3) is 11.8 Å². The normalized spacial score (nSPS) is 12.6. The lowest BCUT2D eigenvalue weighted by atomic mass is 10.1. The van der Waals surface area contributed by atoms with Crippen molar-refractivity contribution in [2.45, 2.75) is 20.0 Å². The van der Waals surface area contributed by atoms with E-state index in [-0.39, 0.29) is 17.7 Å². The standard InChI is InChI=1S/C20H17ClFN5O2/c1-2-27-19-12(9-24-27)10-26(17-6-4-13(21)8-16(17)25-19)20(29)11-3-5-14(18(23)28)15(22)7-11/h3-9,25H,2,10H2,1H3,(H2,23,28). The van der Waals surface area contributed by atoms with Crippen LogP contribution in [0.2, 0.25) is 5.02 Å². The first-order valence-electron chi connectivity index (χ1n) is 8.91. The molecule has 148 valence electrons. The van der Waals surface area contributed by atoms with Gasteiger partial charge in [-0.05, 0) is 43.3 Å². The van der Waals surface area contributed by atoms with E-state index in [0.29, 0.717) is 22.9 Å². The Balaban J connectivity index is 1.81. The minimum atomic E-state index is -0.892. The molecular weight excluding hydrogens is 397 g/mol. The Bertz CT molecular complexity index is 1140. The first-order chi connectivity index (χ1) is 13.9. The number of benzene rings is 2. The van der Waals surface area contributed by atoms with Gasteiger partial charge in [0.1, 0.15) is 11.6 Å². The van der Waals surface area contributed by atoms with Crippen LogP contribution in [0, 0.1) is 5.82 Å². The smallest absolute Gasteiger partial charge is 0.258 e. The maximum absolute atomic E-state index is 14.2. The Labute approximate surface area is 170 Å². The van der Waals surface area contributed by atoms with Crippen molar-refractivity contribution >= 4 is 40.6 Å². The molecule has 7 nitrogen and oxygen atoms in total. The zero-order chi connectivity index (χ0) is 20.7. The monoisotopic (exact) mass is 413 g/mol. The van der Waals surface area contributed by atoms with Gasteiger partial charge in [-0.25, -0.2) is 9.07 Å². The van der Waals surface area contributed by atoms with Gasteiger partial charge >= 0.3 is 0 Å². The van der Waals surface area contributed by atoms with Gasteiger partial charge in [-0.2, -0.15) is 5.10 Å². The zero-order valence-corrected chi connectivity index (χ0v) is 16.2. The summed E-state index contributed by atoms with van der Waals surface area (Å²) < 4.78 is 16.0. The molecular formula is C20H17ClFN5O2. The number of hydrogen-bond acceptors (Lipinski definition) is 4. The van der Waals surface area contributed by atoms with E-state index in [9.17, 15) is 14.0 Å². The lowest BCUT2D eigenvalue weighted by Gasteiger charge is -2.23. The summed E-state index contributed by atoms with van der Waals surface area (Å²) >= 11 is 6.16. The van der Waals surface area contributed by atoms with Crippen molar-refractivity contribution in [3.05, 3.63) is 70.1 Å². The lowest BCUT2D eigenvalue weighted by molar-refractivity contribution is 0.0976. The summed E-state index contributed by atoms with van der Waals surface area (Å²) in [6.07, 6.45) is 1.69. The molecule has 3 N–H and O–H groups in total. The second-order valence-corrected chi connectivity index (χ2v) is 7.01. The van der Waals surface area contributed by atoms with Gasteiger partial charge in [-0.3, -0.25) is 9.59 Å². The van der Waals surface area contributed by atoms with Crippen LogP contribution >= 0.6 is 11.6 Å². The average Bonchev–Trinajstić information content (AvgIpc) is 2.99. The van der Waals surface area contributed by atoms with E-state index < -0.39 is 17.6 Å². The van der Waals surface area contributed by atoms with Crippen LogP contribution in [0.25, 0.3) is 0 Å². The number of anilines is 3. The predicted molar refractivity (Wildman–Crippen MR) is 108 cm³/mol. The molecule has 0 unspecified atom stereocenters. The van der Waals surface area contributed by atoms with E-state index >= 15 is 0 Å². The van der Waals surface area contributed by atoms with Crippen LogP contribution in [-0.2, 0) is 13.1 Å². The SMILES string of the molecule is CCn1ncc2c1Nc1cc(Cl)ccc1N(C(=O)c1ccc(C(N)=O)c(F)c1)C2. The number of nitrogens with one attached hydrogen (secondary N) is 1. The number of primary amides is 1. The van der Waals surface area contributed by atoms with Gasteiger partial charge in [0.05, 0.1) is 29.7 Å². The van der Waals surface area contributed by atoms with Crippen LogP contribution in [0.1, 0.15) is 33.2 Å². The summed E-state index contributed by atoms with van der Waals surface area (Å²) in [4.78, 5) is 26.1. The maximum Gasteiger partial charge on any atom is 0.258 e. The topological polar surface area (TPSA) is 93.2 Å². The number of amides is 2. The Hall–Kier alpha value is -3.39. The van der Waals surface area contributed by atoms with Crippen LogP contribution < -0.4 is 16.0 Å². The van der Waals surface area contributed by atoms with E-state index in [0.717, 1.165) is 17.4 Å². The molecule has 0 fully saturated rings. The van der Waals surface area contributed by atoms with Crippen LogP contribution in [0.15, 0.2) is 42.6 Å². The fraction of sp³-hybridized carbons (Fsp3) is 0.150. The molecule has 0 atom stereocenters. The molecule has 2 amide bonds. The number of aryl methyl sites for hydroxylation is 1. The molecule has 0 spiro atoms. The second kappa shape index (κ2) is 7.21. The first kappa shape index (κ1) is 18.9. The third kappa shape index (κ3) is 3.31. The Morgan fingerprint density at radius 2 is 2.07 bits per heavy atom. The molecule has 3 aromatic rings. The molecule has 2 heterocycles. The number of carbonyl (C=O) groups is 2. The number of rotatable bonds is 3. The molecule has 4 rings (SSSR count). The summed E-state index contributed by atoms with van der Waals surface area (Å²) in [6.45, 7) is 2.84. The van der Waals surface area contributed by atoms with Crippen LogP contribution in [-0.4, -0.2) is 21.6 Å². The van der Waals surface area contributed by atoms with E-state index in [1.807, 2.05) is 6.92 Å². The van der Waals surface area contributed by atoms with Gasteiger partial charge in [-0.1, -0.05) is 11.6 Å². The maximum atomic E-state index is 14.2. The predicted octanol–water partition coefficient (Wildman–Crippen LogP) is 3.70. The van der Waals surface area contributed by atoms with Crippen molar-refractivity contribution in [3.63, 3.8) is 0 Å². The van der Waals surface area contributed by atoms with E-state index in [4.69, 9.17) is 17.3 Å². The van der Waals surface area contributed by atoms with Crippen molar-refractivity contribution in [1.82, 2.24) is 9.78 Å². The number of nitrogens with zero attached hydrogens (tertiary/aromatic N) is 3.